The van der Waals surface area contributed by atoms with E-state index in [0.717, 1.165) is 77.3 Å². The average Bonchev–Trinajstić information content (AvgIpc) is 4.19. The van der Waals surface area contributed by atoms with Crippen LogP contribution in [0.3, 0.4) is 0 Å². The molecule has 4 aromatic heterocycles. The average molecular weight is 846 g/mol. The second-order valence-electron chi connectivity index (χ2n) is 14.9. The molecule has 11 heteroatoms. The maximum atomic E-state index is 10.2. The van der Waals surface area contributed by atoms with Crippen molar-refractivity contribution >= 4 is 79.7 Å². The zero-order chi connectivity index (χ0) is 44.0. The molecule has 1 aliphatic rings. The molecule has 1 aliphatic heterocycles. The highest BCUT2D eigenvalue weighted by Crippen LogP contribution is 2.51. The van der Waals surface area contributed by atoms with Gasteiger partial charge >= 0.3 is 0 Å². The van der Waals surface area contributed by atoms with Gasteiger partial charge in [-0.2, -0.15) is 8.75 Å². The summed E-state index contributed by atoms with van der Waals surface area (Å²) >= 11 is 2.03. The molecule has 0 saturated carbocycles. The lowest BCUT2D eigenvalue weighted by Gasteiger charge is -2.43. The topological polar surface area (TPSA) is 83.0 Å². The number of imidazole rings is 2. The largest absolute Gasteiger partial charge is 0.457 e. The van der Waals surface area contributed by atoms with Crippen LogP contribution in [0.15, 0.2) is 187 Å². The lowest BCUT2D eigenvalue weighted by Crippen LogP contribution is -2.75. The van der Waals surface area contributed by atoms with Crippen molar-refractivity contribution in [1.29, 1.82) is 0 Å². The minimum atomic E-state index is -3.59. The Hall–Kier alpha value is -7.05. The van der Waals surface area contributed by atoms with Gasteiger partial charge in [-0.15, -0.1) is 0 Å². The van der Waals surface area contributed by atoms with Crippen LogP contribution in [0.5, 0.6) is 11.5 Å². The first-order valence-electron chi connectivity index (χ1n) is 21.8. The fourth-order valence-corrected chi connectivity index (χ4v) is 14.9. The molecule has 0 atom stereocenters. The van der Waals surface area contributed by atoms with E-state index in [2.05, 4.69) is 137 Å². The zero-order valence-corrected chi connectivity index (χ0v) is 34.9. The van der Waals surface area contributed by atoms with Crippen LogP contribution in [0.4, 0.5) is 0 Å². The van der Waals surface area contributed by atoms with E-state index in [-0.39, 0.29) is 11.6 Å². The molecule has 11 aromatic rings. The van der Waals surface area contributed by atoms with Crippen LogP contribution in [0.2, 0.25) is 0 Å². The van der Waals surface area contributed by atoms with E-state index in [1.165, 1.54) is 11.0 Å². The number of para-hydroxylation sites is 6. The number of ether oxygens (including phenoxy) is 1. The van der Waals surface area contributed by atoms with Crippen molar-refractivity contribution in [3.63, 3.8) is 0 Å². The number of aromatic nitrogens is 7. The van der Waals surface area contributed by atoms with Crippen LogP contribution in [0.25, 0.3) is 33.5 Å². The maximum Gasteiger partial charge on any atom is 0.220 e. The first-order chi connectivity index (χ1) is 31.8. The molecule has 61 heavy (non-hydrogen) atoms. The SMILES string of the molecule is [2H]C([2H])(c1ncsn1)C1(C([2H])([2H])c2ncsn2)c2ccccc2Oc2c1cccc2[Si](c1ccccc1)(c1ccccc1)c1cccc(-n2c3ccccc3n3c4ccccc4nc23)c1. The number of rotatable bonds is 9. The predicted molar refractivity (Wildman–Crippen MR) is 248 cm³/mol. The van der Waals surface area contributed by atoms with Crippen LogP contribution in [0.1, 0.15) is 28.3 Å². The summed E-state index contributed by atoms with van der Waals surface area (Å²) in [4.78, 5) is 14.1. The molecule has 0 radical (unpaired) electrons. The van der Waals surface area contributed by atoms with Crippen molar-refractivity contribution < 1.29 is 10.2 Å². The van der Waals surface area contributed by atoms with Gasteiger partial charge in [-0.3, -0.25) is 8.97 Å². The van der Waals surface area contributed by atoms with E-state index in [9.17, 15) is 5.48 Å². The minimum absolute atomic E-state index is 0.145. The van der Waals surface area contributed by atoms with Gasteiger partial charge in [0.1, 0.15) is 34.2 Å². The van der Waals surface area contributed by atoms with E-state index in [1.807, 2.05) is 42.5 Å². The van der Waals surface area contributed by atoms with Crippen molar-refractivity contribution in [2.24, 2.45) is 0 Å². The molecule has 0 aliphatic carbocycles. The maximum absolute atomic E-state index is 10.2. The van der Waals surface area contributed by atoms with Crippen molar-refractivity contribution in [2.45, 2.75) is 18.2 Å². The van der Waals surface area contributed by atoms with Crippen molar-refractivity contribution in [2.75, 3.05) is 0 Å². The molecule has 0 amide bonds. The van der Waals surface area contributed by atoms with Crippen LogP contribution < -0.4 is 25.5 Å². The van der Waals surface area contributed by atoms with Crippen molar-refractivity contribution in [3.8, 4) is 17.2 Å². The minimum Gasteiger partial charge on any atom is -0.457 e. The van der Waals surface area contributed by atoms with E-state index >= 15 is 0 Å². The Labute approximate surface area is 366 Å². The molecule has 12 rings (SSSR count). The van der Waals surface area contributed by atoms with Crippen LogP contribution in [0, 0.1) is 0 Å². The third-order valence-corrected chi connectivity index (χ3v) is 17.4. The normalized spacial score (nSPS) is 14.8. The highest BCUT2D eigenvalue weighted by Gasteiger charge is 2.50. The lowest BCUT2D eigenvalue weighted by molar-refractivity contribution is 0.381. The standard InChI is InChI=1S/C50H35N7OS2Si/c1-3-16-35(17-4-1)61(36-18-5-2-6-19-36,37-20-13-15-34(29-37)56-42-25-10-11-26-43(42)57-41-24-9-8-23-40(41)53-49(56)57)45-28-14-22-39-48(45)58-44-27-12-7-21-38(44)50(39,30-46-51-32-59-54-46)31-47-52-33-60-55-47/h1-29,32-33H,30-31H2/i30D2,31D2. The number of nitrogens with zero attached hydrogens (tertiary/aromatic N) is 7. The molecule has 8 nitrogen and oxygen atoms in total. The van der Waals surface area contributed by atoms with Gasteiger partial charge in [0, 0.05) is 40.5 Å². The first kappa shape index (κ1) is 31.8. The Morgan fingerprint density at radius 2 is 1.16 bits per heavy atom. The van der Waals surface area contributed by atoms with E-state index in [0.29, 0.717) is 22.6 Å². The summed E-state index contributed by atoms with van der Waals surface area (Å²) in [6.45, 7) is 0. The van der Waals surface area contributed by atoms with Gasteiger partial charge in [0.2, 0.25) is 5.78 Å². The summed E-state index contributed by atoms with van der Waals surface area (Å²) in [6, 6.07) is 59.0. The number of hydrogen-bond donors (Lipinski definition) is 0. The Morgan fingerprint density at radius 3 is 1.87 bits per heavy atom. The highest BCUT2D eigenvalue weighted by molar-refractivity contribution is 7.20. The predicted octanol–water partition coefficient (Wildman–Crippen LogP) is 8.39. The van der Waals surface area contributed by atoms with Gasteiger partial charge < -0.3 is 4.74 Å². The number of fused-ring (bicyclic) bond motifs is 7. The van der Waals surface area contributed by atoms with Crippen LogP contribution in [-0.4, -0.2) is 40.7 Å². The summed E-state index contributed by atoms with van der Waals surface area (Å²) in [5.41, 5.74) is 6.24. The number of benzene rings is 7. The second kappa shape index (κ2) is 14.3. The molecule has 7 aromatic carbocycles. The molecule has 0 N–H and O–H groups in total. The lowest BCUT2D eigenvalue weighted by atomic mass is 9.67. The summed E-state index contributed by atoms with van der Waals surface area (Å²) < 4.78 is 61.6. The highest BCUT2D eigenvalue weighted by atomic mass is 32.1. The fraction of sp³-hybridized carbons (Fsp3) is 0.0600. The van der Waals surface area contributed by atoms with E-state index in [4.69, 9.17) is 9.72 Å². The van der Waals surface area contributed by atoms with Gasteiger partial charge in [-0.25, -0.2) is 15.0 Å². The molecule has 0 bridgehead atoms. The molecule has 292 valence electrons. The zero-order valence-electron chi connectivity index (χ0n) is 36.3. The molecule has 0 saturated heterocycles. The number of hydrogen-bond acceptors (Lipinski definition) is 8. The smallest absolute Gasteiger partial charge is 0.220 e. The molecular weight excluding hydrogens is 807 g/mol. The fourth-order valence-electron chi connectivity index (χ4n) is 9.27. The van der Waals surface area contributed by atoms with Crippen LogP contribution >= 0.6 is 23.1 Å². The Balaban J connectivity index is 1.22. The second-order valence-corrected chi connectivity index (χ2v) is 19.9. The van der Waals surface area contributed by atoms with Gasteiger partial charge in [-0.1, -0.05) is 133 Å². The summed E-state index contributed by atoms with van der Waals surface area (Å²) in [6.07, 6.45) is -5.15. The van der Waals surface area contributed by atoms with Gasteiger partial charge in [0.15, 0.2) is 8.07 Å². The monoisotopic (exact) mass is 845 g/mol. The molecule has 0 fully saturated rings. The van der Waals surface area contributed by atoms with Crippen molar-refractivity contribution in [3.05, 3.63) is 210 Å². The van der Waals surface area contributed by atoms with Gasteiger partial charge in [-0.05, 0) is 86.3 Å². The van der Waals surface area contributed by atoms with E-state index in [1.54, 1.807) is 24.3 Å². The Bertz CT molecular complexity index is 3480. The molecule has 0 unspecified atom stereocenters. The third-order valence-electron chi connectivity index (χ3n) is 11.7. The van der Waals surface area contributed by atoms with Crippen molar-refractivity contribution in [1.82, 2.24) is 32.7 Å². The van der Waals surface area contributed by atoms with Gasteiger partial charge in [0.05, 0.1) is 22.1 Å². The Kier molecular flexibility index (Phi) is 7.46. The summed E-state index contributed by atoms with van der Waals surface area (Å²) in [5, 5.41) is 3.93. The third kappa shape index (κ3) is 5.51. The molecule has 5 heterocycles. The summed E-state index contributed by atoms with van der Waals surface area (Å²) in [7, 11) is -3.59. The molecule has 0 spiro atoms. The quantitative estimate of drug-likeness (QED) is 0.107. The first-order valence-corrected chi connectivity index (χ1v) is 23.5. The van der Waals surface area contributed by atoms with Crippen LogP contribution in [-0.2, 0) is 18.2 Å². The van der Waals surface area contributed by atoms with Gasteiger partial charge in [0.25, 0.3) is 0 Å². The Morgan fingerprint density at radius 1 is 0.574 bits per heavy atom. The molecular formula is C50H35N7OS2Si. The summed E-state index contributed by atoms with van der Waals surface area (Å²) in [5.74, 6) is 1.18. The van der Waals surface area contributed by atoms with E-state index < -0.39 is 26.2 Å².